The van der Waals surface area contributed by atoms with Gasteiger partial charge >= 0.3 is 6.18 Å². The fraction of sp³-hybridized carbons (Fsp3) is 0.923. The van der Waals surface area contributed by atoms with Crippen LogP contribution in [0.2, 0.25) is 0 Å². The van der Waals surface area contributed by atoms with Crippen LogP contribution in [0.5, 0.6) is 0 Å². The summed E-state index contributed by atoms with van der Waals surface area (Å²) in [5.41, 5.74) is 0. The molecule has 0 rings (SSSR count). The van der Waals surface area contributed by atoms with Gasteiger partial charge in [-0.2, -0.15) is 13.2 Å². The average Bonchev–Trinajstić information content (AvgIpc) is 2.39. The third kappa shape index (κ3) is 13.7. The minimum atomic E-state index is -4.14. The predicted octanol–water partition coefficient (Wildman–Crippen LogP) is 1.46. The number of nitrogens with one attached hydrogen (secondary N) is 2. The first-order valence-electron chi connectivity index (χ1n) is 7.16. The molecule has 0 aliphatic rings. The minimum Gasteiger partial charge on any atom is -0.382 e. The van der Waals surface area contributed by atoms with E-state index in [0.717, 1.165) is 13.0 Å². The van der Waals surface area contributed by atoms with E-state index in [1.807, 2.05) is 6.92 Å². The van der Waals surface area contributed by atoms with E-state index in [9.17, 15) is 13.2 Å². The van der Waals surface area contributed by atoms with E-state index in [1.165, 1.54) is 11.9 Å². The molecule has 0 aliphatic carbocycles. The van der Waals surface area contributed by atoms with Gasteiger partial charge in [0.1, 0.15) is 0 Å². The van der Waals surface area contributed by atoms with Gasteiger partial charge in [-0.25, -0.2) is 0 Å². The summed E-state index contributed by atoms with van der Waals surface area (Å²) in [6.07, 6.45) is -2.64. The summed E-state index contributed by atoms with van der Waals surface area (Å²) >= 11 is 0. The lowest BCUT2D eigenvalue weighted by atomic mass is 10.4. The van der Waals surface area contributed by atoms with Gasteiger partial charge in [-0.3, -0.25) is 9.89 Å². The molecule has 0 atom stereocenters. The number of hydrogen-bond donors (Lipinski definition) is 2. The summed E-state index contributed by atoms with van der Waals surface area (Å²) in [4.78, 5) is 5.31. The predicted molar refractivity (Wildman–Crippen MR) is 78.6 cm³/mol. The van der Waals surface area contributed by atoms with Crippen molar-refractivity contribution in [2.45, 2.75) is 25.9 Å². The van der Waals surface area contributed by atoms with Gasteiger partial charge in [0, 0.05) is 33.4 Å². The van der Waals surface area contributed by atoms with Gasteiger partial charge < -0.3 is 15.4 Å². The number of guanidine groups is 1. The molecule has 0 aliphatic heterocycles. The van der Waals surface area contributed by atoms with Crippen LogP contribution in [0, 0.1) is 0 Å². The molecule has 0 radical (unpaired) electrons. The summed E-state index contributed by atoms with van der Waals surface area (Å²) < 4.78 is 41.6. The van der Waals surface area contributed by atoms with E-state index in [1.54, 1.807) is 7.05 Å². The smallest absolute Gasteiger partial charge is 0.382 e. The van der Waals surface area contributed by atoms with Gasteiger partial charge in [0.25, 0.3) is 0 Å². The fourth-order valence-corrected chi connectivity index (χ4v) is 1.69. The Labute approximate surface area is 124 Å². The highest BCUT2D eigenvalue weighted by atomic mass is 19.4. The molecule has 0 amide bonds. The fourth-order valence-electron chi connectivity index (χ4n) is 1.69. The highest BCUT2D eigenvalue weighted by molar-refractivity contribution is 5.79. The second kappa shape index (κ2) is 11.6. The molecule has 0 bridgehead atoms. The molecule has 8 heteroatoms. The topological polar surface area (TPSA) is 48.9 Å². The lowest BCUT2D eigenvalue weighted by Crippen LogP contribution is -2.39. The summed E-state index contributed by atoms with van der Waals surface area (Å²) in [7, 11) is 3.13. The summed E-state index contributed by atoms with van der Waals surface area (Å²) in [5.74, 6) is 0.657. The number of rotatable bonds is 10. The van der Waals surface area contributed by atoms with Crippen LogP contribution in [-0.4, -0.2) is 70.5 Å². The Morgan fingerprint density at radius 1 is 1.19 bits per heavy atom. The van der Waals surface area contributed by atoms with Gasteiger partial charge in [0.2, 0.25) is 0 Å². The van der Waals surface area contributed by atoms with Crippen LogP contribution in [-0.2, 0) is 4.74 Å². The molecule has 0 spiro atoms. The highest BCUT2D eigenvalue weighted by Crippen LogP contribution is 2.15. The molecular weight excluding hydrogens is 285 g/mol. The molecule has 0 unspecified atom stereocenters. The van der Waals surface area contributed by atoms with Crippen molar-refractivity contribution in [1.29, 1.82) is 0 Å². The molecule has 0 saturated heterocycles. The maximum absolute atomic E-state index is 12.1. The Morgan fingerprint density at radius 3 is 2.33 bits per heavy atom. The SMILES string of the molecule is CCOCCCNC(=NC)NCCCN(C)CC(F)(F)F. The van der Waals surface area contributed by atoms with Crippen molar-refractivity contribution in [3.8, 4) is 0 Å². The van der Waals surface area contributed by atoms with Crippen LogP contribution in [0.3, 0.4) is 0 Å². The van der Waals surface area contributed by atoms with Crippen molar-refractivity contribution >= 4 is 5.96 Å². The van der Waals surface area contributed by atoms with E-state index >= 15 is 0 Å². The Balaban J connectivity index is 3.64. The number of nitrogens with zero attached hydrogens (tertiary/aromatic N) is 2. The van der Waals surface area contributed by atoms with Gasteiger partial charge in [-0.15, -0.1) is 0 Å². The Hall–Kier alpha value is -1.02. The Bertz CT molecular complexity index is 285. The molecule has 0 fully saturated rings. The normalized spacial score (nSPS) is 12.8. The number of aliphatic imine (C=N–C) groups is 1. The van der Waals surface area contributed by atoms with Gasteiger partial charge in [0.15, 0.2) is 5.96 Å². The third-order valence-electron chi connectivity index (χ3n) is 2.64. The Kier molecular flexibility index (Phi) is 11.1. The summed E-state index contributed by atoms with van der Waals surface area (Å²) in [5, 5.41) is 6.19. The van der Waals surface area contributed by atoms with Crippen LogP contribution in [0.25, 0.3) is 0 Å². The van der Waals surface area contributed by atoms with E-state index < -0.39 is 12.7 Å². The zero-order valence-corrected chi connectivity index (χ0v) is 13.1. The van der Waals surface area contributed by atoms with Crippen LogP contribution in [0.4, 0.5) is 13.2 Å². The number of ether oxygens (including phenoxy) is 1. The monoisotopic (exact) mass is 312 g/mol. The van der Waals surface area contributed by atoms with E-state index in [4.69, 9.17) is 4.74 Å². The van der Waals surface area contributed by atoms with Crippen LogP contribution >= 0.6 is 0 Å². The van der Waals surface area contributed by atoms with Crippen molar-refractivity contribution in [3.63, 3.8) is 0 Å². The number of halogens is 3. The molecule has 0 aromatic rings. The first kappa shape index (κ1) is 20.0. The van der Waals surface area contributed by atoms with Gasteiger partial charge in [-0.05, 0) is 33.4 Å². The molecular formula is C13H27F3N4O. The summed E-state index contributed by atoms with van der Waals surface area (Å²) in [6.45, 7) is 4.18. The van der Waals surface area contributed by atoms with Crippen LogP contribution in [0.1, 0.15) is 19.8 Å². The number of hydrogen-bond acceptors (Lipinski definition) is 3. The molecule has 21 heavy (non-hydrogen) atoms. The molecule has 5 nitrogen and oxygen atoms in total. The third-order valence-corrected chi connectivity index (χ3v) is 2.64. The zero-order chi connectivity index (χ0) is 16.1. The van der Waals surface area contributed by atoms with Gasteiger partial charge in [0.05, 0.1) is 6.54 Å². The second-order valence-corrected chi connectivity index (χ2v) is 4.68. The molecule has 0 aromatic heterocycles. The van der Waals surface area contributed by atoms with Crippen molar-refractivity contribution < 1.29 is 17.9 Å². The highest BCUT2D eigenvalue weighted by Gasteiger charge is 2.28. The lowest BCUT2D eigenvalue weighted by Gasteiger charge is -2.18. The quantitative estimate of drug-likeness (QED) is 0.364. The van der Waals surface area contributed by atoms with Crippen molar-refractivity contribution in [3.05, 3.63) is 0 Å². The van der Waals surface area contributed by atoms with Crippen LogP contribution < -0.4 is 10.6 Å². The van der Waals surface area contributed by atoms with Crippen LogP contribution in [0.15, 0.2) is 4.99 Å². The molecule has 0 saturated carbocycles. The van der Waals surface area contributed by atoms with Crippen molar-refractivity contribution in [2.24, 2.45) is 4.99 Å². The van der Waals surface area contributed by atoms with Crippen molar-refractivity contribution in [1.82, 2.24) is 15.5 Å². The molecule has 126 valence electrons. The lowest BCUT2D eigenvalue weighted by molar-refractivity contribution is -0.143. The molecule has 0 heterocycles. The Morgan fingerprint density at radius 2 is 1.81 bits per heavy atom. The van der Waals surface area contributed by atoms with E-state index in [-0.39, 0.29) is 0 Å². The maximum Gasteiger partial charge on any atom is 0.401 e. The molecule has 2 N–H and O–H groups in total. The maximum atomic E-state index is 12.1. The first-order chi connectivity index (χ1) is 9.89. The summed E-state index contributed by atoms with van der Waals surface area (Å²) in [6, 6.07) is 0. The van der Waals surface area contributed by atoms with E-state index in [0.29, 0.717) is 38.7 Å². The van der Waals surface area contributed by atoms with E-state index in [2.05, 4.69) is 15.6 Å². The van der Waals surface area contributed by atoms with Crippen molar-refractivity contribution in [2.75, 3.05) is 53.5 Å². The second-order valence-electron chi connectivity index (χ2n) is 4.68. The van der Waals surface area contributed by atoms with Gasteiger partial charge in [-0.1, -0.05) is 0 Å². The zero-order valence-electron chi connectivity index (χ0n) is 13.1. The molecule has 0 aromatic carbocycles. The minimum absolute atomic E-state index is 0.383. The standard InChI is InChI=1S/C13H27F3N4O/c1-4-21-10-6-8-19-12(17-2)18-7-5-9-20(3)11-13(14,15)16/h4-11H2,1-3H3,(H2,17,18,19). The average molecular weight is 312 g/mol. The number of alkyl halides is 3. The first-order valence-corrected chi connectivity index (χ1v) is 7.16. The largest absolute Gasteiger partial charge is 0.401 e.